The number of hydrogen-bond acceptors (Lipinski definition) is 3. The molecule has 3 aromatic rings. The Bertz CT molecular complexity index is 911. The molecule has 3 rings (SSSR count). The second-order valence-corrected chi connectivity index (χ2v) is 6.92. The van der Waals surface area contributed by atoms with Gasteiger partial charge in [0.2, 0.25) is 0 Å². The molecule has 0 spiro atoms. The van der Waals surface area contributed by atoms with Crippen LogP contribution in [-0.4, -0.2) is 21.8 Å². The molecule has 0 unspecified atom stereocenters. The lowest BCUT2D eigenvalue weighted by Crippen LogP contribution is -2.36. The van der Waals surface area contributed by atoms with Gasteiger partial charge >= 0.3 is 0 Å². The molecule has 144 valence electrons. The van der Waals surface area contributed by atoms with Crippen molar-refractivity contribution in [3.05, 3.63) is 95.6 Å². The van der Waals surface area contributed by atoms with Gasteiger partial charge in [-0.3, -0.25) is 9.78 Å². The van der Waals surface area contributed by atoms with E-state index in [9.17, 15) is 9.18 Å². The Morgan fingerprint density at radius 2 is 1.75 bits per heavy atom. The summed E-state index contributed by atoms with van der Waals surface area (Å²) in [5.41, 5.74) is 3.23. The maximum absolute atomic E-state index is 13.0. The highest BCUT2D eigenvalue weighted by Gasteiger charge is 2.20. The number of rotatable bonds is 7. The van der Waals surface area contributed by atoms with Crippen LogP contribution in [0.5, 0.6) is 0 Å². The number of halogens is 1. The zero-order chi connectivity index (χ0) is 19.9. The third-order valence-electron chi connectivity index (χ3n) is 4.47. The lowest BCUT2D eigenvalue weighted by molar-refractivity contribution is 0.0684. The Balaban J connectivity index is 1.71. The van der Waals surface area contributed by atoms with Gasteiger partial charge < -0.3 is 10.2 Å². The van der Waals surface area contributed by atoms with Gasteiger partial charge in [-0.05, 0) is 49.2 Å². The van der Waals surface area contributed by atoms with Gasteiger partial charge in [-0.25, -0.2) is 4.39 Å². The zero-order valence-corrected chi connectivity index (χ0v) is 16.1. The van der Waals surface area contributed by atoms with Crippen LogP contribution in [0.25, 0.3) is 0 Å². The van der Waals surface area contributed by atoms with Crippen LogP contribution >= 0.6 is 0 Å². The molecule has 1 aromatic heterocycles. The van der Waals surface area contributed by atoms with Crippen molar-refractivity contribution in [1.82, 2.24) is 9.88 Å². The van der Waals surface area contributed by atoms with E-state index < -0.39 is 0 Å². The van der Waals surface area contributed by atoms with Crippen molar-refractivity contribution in [1.29, 1.82) is 0 Å². The van der Waals surface area contributed by atoms with E-state index in [1.807, 2.05) is 50.2 Å². The van der Waals surface area contributed by atoms with E-state index in [0.717, 1.165) is 16.8 Å². The summed E-state index contributed by atoms with van der Waals surface area (Å²) in [6, 6.07) is 19.9. The van der Waals surface area contributed by atoms with Gasteiger partial charge in [-0.1, -0.05) is 42.5 Å². The molecule has 0 fully saturated rings. The Morgan fingerprint density at radius 1 is 1.04 bits per heavy atom. The molecular weight excluding hydrogens is 353 g/mol. The number of aromatic nitrogens is 1. The summed E-state index contributed by atoms with van der Waals surface area (Å²) in [5, 5.41) is 3.26. The number of anilines is 1. The normalized spacial score (nSPS) is 10.7. The summed E-state index contributed by atoms with van der Waals surface area (Å²) in [6.07, 6.45) is 1.63. The molecule has 0 bridgehead atoms. The number of nitrogens with one attached hydrogen (secondary N) is 1. The van der Waals surface area contributed by atoms with Gasteiger partial charge in [-0.15, -0.1) is 0 Å². The molecule has 5 heteroatoms. The maximum Gasteiger partial charge on any atom is 0.273 e. The molecule has 0 aliphatic rings. The molecule has 0 aliphatic heterocycles. The Kier molecular flexibility index (Phi) is 6.37. The smallest absolute Gasteiger partial charge is 0.273 e. The number of carbonyl (C=O) groups is 1. The topological polar surface area (TPSA) is 45.2 Å². The molecule has 0 aliphatic carbocycles. The Hall–Kier alpha value is -3.21. The van der Waals surface area contributed by atoms with E-state index in [1.54, 1.807) is 29.3 Å². The van der Waals surface area contributed by atoms with Crippen molar-refractivity contribution in [2.24, 2.45) is 0 Å². The van der Waals surface area contributed by atoms with E-state index >= 15 is 0 Å². The number of nitrogens with zero attached hydrogens (tertiary/aromatic N) is 2. The van der Waals surface area contributed by atoms with Gasteiger partial charge in [0.05, 0.1) is 0 Å². The van der Waals surface area contributed by atoms with Gasteiger partial charge in [0.25, 0.3) is 5.91 Å². The summed E-state index contributed by atoms with van der Waals surface area (Å²) < 4.78 is 13.0. The summed E-state index contributed by atoms with van der Waals surface area (Å²) in [5.74, 6) is -0.364. The highest BCUT2D eigenvalue weighted by atomic mass is 19.1. The lowest BCUT2D eigenvalue weighted by Gasteiger charge is -2.26. The van der Waals surface area contributed by atoms with Crippen LogP contribution in [0.15, 0.2) is 72.9 Å². The summed E-state index contributed by atoms with van der Waals surface area (Å²) in [7, 11) is 0. The fourth-order valence-electron chi connectivity index (χ4n) is 2.88. The highest BCUT2D eigenvalue weighted by molar-refractivity contribution is 5.93. The van der Waals surface area contributed by atoms with Crippen molar-refractivity contribution in [2.45, 2.75) is 33.0 Å². The van der Waals surface area contributed by atoms with Crippen molar-refractivity contribution in [2.75, 3.05) is 5.32 Å². The maximum atomic E-state index is 13.0. The molecular formula is C23H24FN3O. The summed E-state index contributed by atoms with van der Waals surface area (Å²) in [4.78, 5) is 19.1. The molecule has 0 radical (unpaired) electrons. The van der Waals surface area contributed by atoms with Crippen molar-refractivity contribution in [3.8, 4) is 0 Å². The third-order valence-corrected chi connectivity index (χ3v) is 4.47. The van der Waals surface area contributed by atoms with Crippen molar-refractivity contribution < 1.29 is 9.18 Å². The molecule has 1 heterocycles. The quantitative estimate of drug-likeness (QED) is 0.638. The average Bonchev–Trinajstić information content (AvgIpc) is 2.72. The fourth-order valence-corrected chi connectivity index (χ4v) is 2.88. The predicted molar refractivity (Wildman–Crippen MR) is 109 cm³/mol. The Morgan fingerprint density at radius 3 is 2.43 bits per heavy atom. The monoisotopic (exact) mass is 377 g/mol. The first-order valence-corrected chi connectivity index (χ1v) is 9.32. The second-order valence-electron chi connectivity index (χ2n) is 6.92. The first-order valence-electron chi connectivity index (χ1n) is 9.32. The van der Waals surface area contributed by atoms with E-state index in [0.29, 0.717) is 18.8 Å². The van der Waals surface area contributed by atoms with Crippen LogP contribution in [0.4, 0.5) is 10.1 Å². The van der Waals surface area contributed by atoms with Crippen LogP contribution < -0.4 is 5.32 Å². The van der Waals surface area contributed by atoms with Crippen LogP contribution in [-0.2, 0) is 13.1 Å². The summed E-state index contributed by atoms with van der Waals surface area (Å²) >= 11 is 0. The predicted octanol–water partition coefficient (Wildman–Crippen LogP) is 4.88. The van der Waals surface area contributed by atoms with Crippen molar-refractivity contribution in [3.63, 3.8) is 0 Å². The van der Waals surface area contributed by atoms with E-state index in [-0.39, 0.29) is 17.8 Å². The molecule has 28 heavy (non-hydrogen) atoms. The minimum absolute atomic E-state index is 0.0466. The number of hydrogen-bond donors (Lipinski definition) is 1. The molecule has 0 saturated carbocycles. The molecule has 1 N–H and O–H groups in total. The van der Waals surface area contributed by atoms with Gasteiger partial charge in [-0.2, -0.15) is 0 Å². The molecule has 4 nitrogen and oxygen atoms in total. The van der Waals surface area contributed by atoms with E-state index in [2.05, 4.69) is 10.3 Å². The summed E-state index contributed by atoms with van der Waals surface area (Å²) in [6.45, 7) is 5.07. The van der Waals surface area contributed by atoms with Gasteiger partial charge in [0.15, 0.2) is 0 Å². The van der Waals surface area contributed by atoms with Gasteiger partial charge in [0.1, 0.15) is 11.5 Å². The lowest BCUT2D eigenvalue weighted by atomic mass is 10.1. The van der Waals surface area contributed by atoms with Crippen molar-refractivity contribution >= 4 is 11.6 Å². The third kappa shape index (κ3) is 5.16. The largest absolute Gasteiger partial charge is 0.381 e. The van der Waals surface area contributed by atoms with E-state index in [4.69, 9.17) is 0 Å². The minimum Gasteiger partial charge on any atom is -0.381 e. The first-order chi connectivity index (χ1) is 13.5. The van der Waals surface area contributed by atoms with Crippen LogP contribution in [0, 0.1) is 5.82 Å². The van der Waals surface area contributed by atoms with Crippen LogP contribution in [0.1, 0.15) is 35.5 Å². The SMILES string of the molecule is CC(C)N(Cc1ccccc1)C(=O)c1cc(NCc2ccc(F)cc2)ccn1. The molecule has 1 amide bonds. The Labute approximate surface area is 165 Å². The standard InChI is InChI=1S/C23H24FN3O/c1-17(2)27(16-19-6-4-3-5-7-19)23(28)22-14-21(12-13-25-22)26-15-18-8-10-20(24)11-9-18/h3-14,17H,15-16H2,1-2H3,(H,25,26). The van der Waals surface area contributed by atoms with E-state index in [1.165, 1.54) is 12.1 Å². The second kappa shape index (κ2) is 9.13. The fraction of sp³-hybridized carbons (Fsp3) is 0.217. The first kappa shape index (κ1) is 19.5. The number of carbonyl (C=O) groups excluding carboxylic acids is 1. The number of amides is 1. The molecule has 2 aromatic carbocycles. The minimum atomic E-state index is -0.257. The number of benzene rings is 2. The van der Waals surface area contributed by atoms with Gasteiger partial charge in [0, 0.05) is 31.0 Å². The van der Waals surface area contributed by atoms with Crippen LogP contribution in [0.3, 0.4) is 0 Å². The number of pyridine rings is 1. The molecule has 0 atom stereocenters. The van der Waals surface area contributed by atoms with Crippen LogP contribution in [0.2, 0.25) is 0 Å². The molecule has 0 saturated heterocycles. The zero-order valence-electron chi connectivity index (χ0n) is 16.1. The average molecular weight is 377 g/mol. The highest BCUT2D eigenvalue weighted by Crippen LogP contribution is 2.16.